The van der Waals surface area contributed by atoms with Crippen LogP contribution in [0.5, 0.6) is 0 Å². The SMILES string of the molecule is CC(C)Nc1cc(C[C@@H]2CCCN(S(C)(=O)=O)CC2)ncn1. The molecule has 124 valence electrons. The molecule has 1 fully saturated rings. The fourth-order valence-corrected chi connectivity index (χ4v) is 3.75. The Hall–Kier alpha value is -1.21. The van der Waals surface area contributed by atoms with Crippen molar-refractivity contribution in [2.24, 2.45) is 5.92 Å². The molecule has 1 N–H and O–H groups in total. The minimum Gasteiger partial charge on any atom is -0.368 e. The first kappa shape index (κ1) is 17.1. The Bertz CT molecular complexity index is 589. The Balaban J connectivity index is 1.96. The lowest BCUT2D eigenvalue weighted by atomic mass is 9.95. The molecule has 1 saturated heterocycles. The van der Waals surface area contributed by atoms with Crippen molar-refractivity contribution in [3.05, 3.63) is 18.1 Å². The van der Waals surface area contributed by atoms with Crippen molar-refractivity contribution in [2.45, 2.75) is 45.6 Å². The van der Waals surface area contributed by atoms with Crippen LogP contribution in [0.25, 0.3) is 0 Å². The average molecular weight is 326 g/mol. The van der Waals surface area contributed by atoms with Crippen molar-refractivity contribution in [1.82, 2.24) is 14.3 Å². The van der Waals surface area contributed by atoms with Crippen molar-refractivity contribution >= 4 is 15.8 Å². The van der Waals surface area contributed by atoms with Gasteiger partial charge in [-0.15, -0.1) is 0 Å². The van der Waals surface area contributed by atoms with Gasteiger partial charge < -0.3 is 5.32 Å². The highest BCUT2D eigenvalue weighted by molar-refractivity contribution is 7.88. The fraction of sp³-hybridized carbons (Fsp3) is 0.733. The first-order valence-corrected chi connectivity index (χ1v) is 9.72. The molecule has 1 aliphatic rings. The minimum absolute atomic E-state index is 0.337. The maximum absolute atomic E-state index is 11.6. The summed E-state index contributed by atoms with van der Waals surface area (Å²) in [7, 11) is -3.07. The number of sulfonamides is 1. The zero-order valence-electron chi connectivity index (χ0n) is 13.6. The van der Waals surface area contributed by atoms with Crippen LogP contribution in [0.2, 0.25) is 0 Å². The predicted molar refractivity (Wildman–Crippen MR) is 88.3 cm³/mol. The van der Waals surface area contributed by atoms with Crippen LogP contribution < -0.4 is 5.32 Å². The second-order valence-corrected chi connectivity index (χ2v) is 8.34. The highest BCUT2D eigenvalue weighted by Crippen LogP contribution is 2.22. The van der Waals surface area contributed by atoms with Crippen LogP contribution in [0.1, 0.15) is 38.8 Å². The second kappa shape index (κ2) is 7.37. The summed E-state index contributed by atoms with van der Waals surface area (Å²) < 4.78 is 24.9. The number of nitrogens with one attached hydrogen (secondary N) is 1. The average Bonchev–Trinajstić information content (AvgIpc) is 2.63. The van der Waals surface area contributed by atoms with Crippen molar-refractivity contribution in [2.75, 3.05) is 24.7 Å². The van der Waals surface area contributed by atoms with E-state index >= 15 is 0 Å². The lowest BCUT2D eigenvalue weighted by Crippen LogP contribution is -2.30. The molecular formula is C15H26N4O2S. The smallest absolute Gasteiger partial charge is 0.211 e. The molecule has 0 unspecified atom stereocenters. The van der Waals surface area contributed by atoms with Gasteiger partial charge in [0.2, 0.25) is 10.0 Å². The summed E-state index contributed by atoms with van der Waals surface area (Å²) in [6.45, 7) is 5.41. The van der Waals surface area contributed by atoms with Gasteiger partial charge in [-0.3, -0.25) is 0 Å². The molecular weight excluding hydrogens is 300 g/mol. The van der Waals surface area contributed by atoms with E-state index in [0.717, 1.165) is 37.2 Å². The normalized spacial score (nSPS) is 20.8. The van der Waals surface area contributed by atoms with Crippen molar-refractivity contribution < 1.29 is 8.42 Å². The highest BCUT2D eigenvalue weighted by atomic mass is 32.2. The molecule has 7 heteroatoms. The highest BCUT2D eigenvalue weighted by Gasteiger charge is 2.23. The topological polar surface area (TPSA) is 75.2 Å². The van der Waals surface area contributed by atoms with Crippen LogP contribution >= 0.6 is 0 Å². The molecule has 1 atom stereocenters. The molecule has 6 nitrogen and oxygen atoms in total. The van der Waals surface area contributed by atoms with Gasteiger partial charge in [0.05, 0.1) is 6.26 Å². The van der Waals surface area contributed by atoms with Crippen LogP contribution in [-0.4, -0.2) is 48.1 Å². The molecule has 22 heavy (non-hydrogen) atoms. The van der Waals surface area contributed by atoms with Gasteiger partial charge >= 0.3 is 0 Å². The molecule has 1 aromatic rings. The van der Waals surface area contributed by atoms with Gasteiger partial charge in [-0.05, 0) is 45.4 Å². The van der Waals surface area contributed by atoms with E-state index in [4.69, 9.17) is 0 Å². The minimum atomic E-state index is -3.07. The summed E-state index contributed by atoms with van der Waals surface area (Å²) in [5, 5.41) is 3.28. The summed E-state index contributed by atoms with van der Waals surface area (Å²) in [6.07, 6.45) is 6.63. The molecule has 1 aliphatic heterocycles. The van der Waals surface area contributed by atoms with Gasteiger partial charge in [-0.1, -0.05) is 0 Å². The van der Waals surface area contributed by atoms with Gasteiger partial charge in [0.1, 0.15) is 12.1 Å². The van der Waals surface area contributed by atoms with E-state index in [1.165, 1.54) is 6.26 Å². The number of aromatic nitrogens is 2. The second-order valence-electron chi connectivity index (χ2n) is 6.36. The van der Waals surface area contributed by atoms with E-state index in [9.17, 15) is 8.42 Å². The van der Waals surface area contributed by atoms with E-state index < -0.39 is 10.0 Å². The van der Waals surface area contributed by atoms with Crippen molar-refractivity contribution in [3.8, 4) is 0 Å². The van der Waals surface area contributed by atoms with Gasteiger partial charge in [0, 0.05) is 30.9 Å². The fourth-order valence-electron chi connectivity index (χ4n) is 2.85. The molecule has 2 heterocycles. The number of rotatable bonds is 5. The Morgan fingerprint density at radius 3 is 2.77 bits per heavy atom. The molecule has 0 aromatic carbocycles. The monoisotopic (exact) mass is 326 g/mol. The van der Waals surface area contributed by atoms with Gasteiger partial charge in [0.25, 0.3) is 0 Å². The molecule has 0 aliphatic carbocycles. The molecule has 0 spiro atoms. The van der Waals surface area contributed by atoms with Gasteiger partial charge in [-0.25, -0.2) is 22.7 Å². The van der Waals surface area contributed by atoms with Gasteiger partial charge in [0.15, 0.2) is 0 Å². The molecule has 0 saturated carbocycles. The van der Waals surface area contributed by atoms with Crippen LogP contribution in [0.4, 0.5) is 5.82 Å². The van der Waals surface area contributed by atoms with E-state index in [1.807, 2.05) is 6.07 Å². The number of nitrogens with zero attached hydrogens (tertiary/aromatic N) is 3. The maximum Gasteiger partial charge on any atom is 0.211 e. The Morgan fingerprint density at radius 1 is 1.32 bits per heavy atom. The van der Waals surface area contributed by atoms with E-state index in [1.54, 1.807) is 10.6 Å². The Labute approximate surface area is 133 Å². The summed E-state index contributed by atoms with van der Waals surface area (Å²) in [4.78, 5) is 8.58. The summed E-state index contributed by atoms with van der Waals surface area (Å²) >= 11 is 0. The van der Waals surface area contributed by atoms with Gasteiger partial charge in [-0.2, -0.15) is 0 Å². The van der Waals surface area contributed by atoms with Crippen LogP contribution in [0.15, 0.2) is 12.4 Å². The first-order chi connectivity index (χ1) is 10.3. The van der Waals surface area contributed by atoms with Crippen LogP contribution in [0.3, 0.4) is 0 Å². The third-order valence-electron chi connectivity index (χ3n) is 3.93. The molecule has 0 radical (unpaired) electrons. The number of hydrogen-bond acceptors (Lipinski definition) is 5. The maximum atomic E-state index is 11.6. The van der Waals surface area contributed by atoms with Crippen molar-refractivity contribution in [3.63, 3.8) is 0 Å². The van der Waals surface area contributed by atoms with E-state index in [-0.39, 0.29) is 0 Å². The Kier molecular flexibility index (Phi) is 5.74. The van der Waals surface area contributed by atoms with Crippen LogP contribution in [0, 0.1) is 5.92 Å². The lowest BCUT2D eigenvalue weighted by Gasteiger charge is -2.17. The molecule has 0 bridgehead atoms. The molecule has 0 amide bonds. The third kappa shape index (κ3) is 5.21. The van der Waals surface area contributed by atoms with Crippen LogP contribution in [-0.2, 0) is 16.4 Å². The molecule has 2 rings (SSSR count). The zero-order valence-corrected chi connectivity index (χ0v) is 14.4. The summed E-state index contributed by atoms with van der Waals surface area (Å²) in [6, 6.07) is 2.34. The summed E-state index contributed by atoms with van der Waals surface area (Å²) in [5.41, 5.74) is 1.02. The largest absolute Gasteiger partial charge is 0.368 e. The van der Waals surface area contributed by atoms with E-state index in [0.29, 0.717) is 25.0 Å². The quantitative estimate of drug-likeness (QED) is 0.894. The molecule has 1 aromatic heterocycles. The Morgan fingerprint density at radius 2 is 2.09 bits per heavy atom. The first-order valence-electron chi connectivity index (χ1n) is 7.87. The standard InChI is InChI=1S/C15H26N4O2S/c1-12(2)18-15-10-14(16-11-17-15)9-13-5-4-7-19(8-6-13)22(3,20)21/h10-13H,4-9H2,1-3H3,(H,16,17,18)/t13-/m1/s1. The predicted octanol–water partition coefficient (Wildman–Crippen LogP) is 1.90. The van der Waals surface area contributed by atoms with E-state index in [2.05, 4.69) is 29.1 Å². The third-order valence-corrected chi connectivity index (χ3v) is 5.24. The zero-order chi connectivity index (χ0) is 16.2. The van der Waals surface area contributed by atoms with Crippen molar-refractivity contribution in [1.29, 1.82) is 0 Å². The number of anilines is 1. The summed E-state index contributed by atoms with van der Waals surface area (Å²) in [5.74, 6) is 1.33. The lowest BCUT2D eigenvalue weighted by molar-refractivity contribution is 0.412. The number of hydrogen-bond donors (Lipinski definition) is 1.